The Morgan fingerprint density at radius 2 is 2.17 bits per heavy atom. The summed E-state index contributed by atoms with van der Waals surface area (Å²) in [6.45, 7) is 1.75. The average molecular weight is 350 g/mol. The molecule has 0 radical (unpaired) electrons. The van der Waals surface area contributed by atoms with Crippen LogP contribution in [0.15, 0.2) is 42.7 Å². The highest BCUT2D eigenvalue weighted by atomic mass is 35.5. The first-order chi connectivity index (χ1) is 11.0. The molecule has 3 rings (SSSR count). The van der Waals surface area contributed by atoms with Crippen molar-refractivity contribution in [3.05, 3.63) is 58.5 Å². The number of hydrogen-bond donors (Lipinski definition) is 1. The summed E-state index contributed by atoms with van der Waals surface area (Å²) in [5.74, 6) is 0.220. The Morgan fingerprint density at radius 1 is 1.35 bits per heavy atom. The molecule has 3 aromatic rings. The number of rotatable bonds is 4. The van der Waals surface area contributed by atoms with Crippen LogP contribution >= 0.6 is 23.2 Å². The highest BCUT2D eigenvalue weighted by Gasteiger charge is 2.10. The van der Waals surface area contributed by atoms with Gasteiger partial charge in [-0.1, -0.05) is 23.2 Å². The third-order valence-electron chi connectivity index (χ3n) is 3.13. The van der Waals surface area contributed by atoms with Gasteiger partial charge in [0.1, 0.15) is 0 Å². The quantitative estimate of drug-likeness (QED) is 0.775. The first kappa shape index (κ1) is 15.6. The van der Waals surface area contributed by atoms with Crippen molar-refractivity contribution in [2.75, 3.05) is 11.9 Å². The fraction of sp³-hybridized carbons (Fsp3) is 0.125. The van der Waals surface area contributed by atoms with Gasteiger partial charge >= 0.3 is 0 Å². The lowest BCUT2D eigenvalue weighted by Crippen LogP contribution is -2.20. The van der Waals surface area contributed by atoms with E-state index in [0.717, 1.165) is 5.69 Å². The number of ether oxygens (including phenoxy) is 1. The maximum absolute atomic E-state index is 12.0. The third-order valence-corrected chi connectivity index (χ3v) is 3.68. The van der Waals surface area contributed by atoms with Gasteiger partial charge in [-0.05, 0) is 37.3 Å². The van der Waals surface area contributed by atoms with Crippen molar-refractivity contribution in [3.63, 3.8) is 0 Å². The molecule has 1 amide bonds. The number of hydrogen-bond acceptors (Lipinski definition) is 3. The van der Waals surface area contributed by atoms with E-state index in [-0.39, 0.29) is 12.5 Å². The molecule has 2 aromatic heterocycles. The number of amides is 1. The molecule has 0 atom stereocenters. The SMILES string of the molecule is Cc1cn2cccc(OCC(=O)Nc3ccc(Cl)cc3Cl)c2n1. The Hall–Kier alpha value is -2.24. The zero-order valence-electron chi connectivity index (χ0n) is 12.2. The molecule has 0 unspecified atom stereocenters. The van der Waals surface area contributed by atoms with Gasteiger partial charge in [0, 0.05) is 17.4 Å². The molecule has 0 aliphatic rings. The largest absolute Gasteiger partial charge is 0.480 e. The lowest BCUT2D eigenvalue weighted by molar-refractivity contribution is -0.118. The van der Waals surface area contributed by atoms with Gasteiger partial charge in [0.25, 0.3) is 5.91 Å². The van der Waals surface area contributed by atoms with E-state index in [0.29, 0.717) is 27.1 Å². The number of imidazole rings is 1. The zero-order chi connectivity index (χ0) is 16.4. The number of carbonyl (C=O) groups is 1. The molecule has 0 saturated heterocycles. The van der Waals surface area contributed by atoms with Crippen LogP contribution in [0.4, 0.5) is 5.69 Å². The molecule has 23 heavy (non-hydrogen) atoms. The van der Waals surface area contributed by atoms with Crippen LogP contribution in [0.3, 0.4) is 0 Å². The lowest BCUT2D eigenvalue weighted by atomic mass is 10.3. The van der Waals surface area contributed by atoms with E-state index in [1.165, 1.54) is 0 Å². The highest BCUT2D eigenvalue weighted by molar-refractivity contribution is 6.36. The molecule has 118 valence electrons. The van der Waals surface area contributed by atoms with E-state index in [9.17, 15) is 4.79 Å². The fourth-order valence-electron chi connectivity index (χ4n) is 2.14. The summed E-state index contributed by atoms with van der Waals surface area (Å²) in [5.41, 5.74) is 2.03. The first-order valence-electron chi connectivity index (χ1n) is 6.85. The standard InChI is InChI=1S/C16H13Cl2N3O2/c1-10-8-21-6-2-3-14(16(21)19-10)23-9-15(22)20-13-5-4-11(17)7-12(13)18/h2-8H,9H2,1H3,(H,20,22). The van der Waals surface area contributed by atoms with E-state index >= 15 is 0 Å². The van der Waals surface area contributed by atoms with Crippen molar-refractivity contribution < 1.29 is 9.53 Å². The number of carbonyl (C=O) groups excluding carboxylic acids is 1. The summed E-state index contributed by atoms with van der Waals surface area (Å²) in [6.07, 6.45) is 3.76. The average Bonchev–Trinajstić information content (AvgIpc) is 2.88. The Balaban J connectivity index is 1.68. The van der Waals surface area contributed by atoms with E-state index < -0.39 is 0 Å². The van der Waals surface area contributed by atoms with Crippen molar-refractivity contribution in [3.8, 4) is 5.75 Å². The maximum atomic E-state index is 12.0. The molecule has 1 aromatic carbocycles. The van der Waals surface area contributed by atoms with Gasteiger partial charge < -0.3 is 14.5 Å². The number of anilines is 1. The van der Waals surface area contributed by atoms with Crippen LogP contribution in [-0.4, -0.2) is 21.9 Å². The number of benzene rings is 1. The van der Waals surface area contributed by atoms with Gasteiger partial charge in [-0.2, -0.15) is 0 Å². The first-order valence-corrected chi connectivity index (χ1v) is 7.60. The third kappa shape index (κ3) is 3.57. The normalized spacial score (nSPS) is 10.7. The monoisotopic (exact) mass is 349 g/mol. The predicted molar refractivity (Wildman–Crippen MR) is 90.5 cm³/mol. The molecule has 0 spiro atoms. The van der Waals surface area contributed by atoms with Gasteiger partial charge in [-0.25, -0.2) is 4.98 Å². The number of nitrogens with zero attached hydrogens (tertiary/aromatic N) is 2. The number of aryl methyl sites for hydroxylation is 1. The van der Waals surface area contributed by atoms with Crippen molar-refractivity contribution in [1.29, 1.82) is 0 Å². The summed E-state index contributed by atoms with van der Waals surface area (Å²) in [7, 11) is 0. The summed E-state index contributed by atoms with van der Waals surface area (Å²) >= 11 is 11.8. The van der Waals surface area contributed by atoms with Crippen LogP contribution in [0, 0.1) is 6.92 Å². The van der Waals surface area contributed by atoms with E-state index in [1.807, 2.05) is 29.8 Å². The van der Waals surface area contributed by atoms with Gasteiger partial charge in [0.15, 0.2) is 18.0 Å². The van der Waals surface area contributed by atoms with E-state index in [2.05, 4.69) is 10.3 Å². The number of aromatic nitrogens is 2. The highest BCUT2D eigenvalue weighted by Crippen LogP contribution is 2.25. The summed E-state index contributed by atoms with van der Waals surface area (Å²) in [4.78, 5) is 16.4. The second kappa shape index (κ2) is 6.48. The van der Waals surface area contributed by atoms with Crippen LogP contribution < -0.4 is 10.1 Å². The van der Waals surface area contributed by atoms with Crippen molar-refractivity contribution in [2.24, 2.45) is 0 Å². The fourth-order valence-corrected chi connectivity index (χ4v) is 2.60. The number of halogens is 2. The number of pyridine rings is 1. The number of fused-ring (bicyclic) bond motifs is 1. The molecule has 1 N–H and O–H groups in total. The van der Waals surface area contributed by atoms with Crippen LogP contribution in [-0.2, 0) is 4.79 Å². The van der Waals surface area contributed by atoms with Crippen molar-refractivity contribution in [1.82, 2.24) is 9.38 Å². The van der Waals surface area contributed by atoms with Gasteiger partial charge in [0.2, 0.25) is 0 Å². The second-order valence-electron chi connectivity index (χ2n) is 4.95. The molecule has 0 aliphatic carbocycles. The van der Waals surface area contributed by atoms with Gasteiger partial charge in [-0.15, -0.1) is 0 Å². The molecular weight excluding hydrogens is 337 g/mol. The molecule has 0 aliphatic heterocycles. The smallest absolute Gasteiger partial charge is 0.262 e. The summed E-state index contributed by atoms with van der Waals surface area (Å²) < 4.78 is 7.41. The van der Waals surface area contributed by atoms with Crippen LogP contribution in [0.5, 0.6) is 5.75 Å². The Kier molecular flexibility index (Phi) is 4.41. The van der Waals surface area contributed by atoms with Crippen LogP contribution in [0.25, 0.3) is 5.65 Å². The minimum atomic E-state index is -0.320. The Labute approximate surface area is 142 Å². The minimum Gasteiger partial charge on any atom is -0.480 e. The minimum absolute atomic E-state index is 0.148. The molecule has 7 heteroatoms. The Morgan fingerprint density at radius 3 is 2.96 bits per heavy atom. The molecule has 0 saturated carbocycles. The van der Waals surface area contributed by atoms with Gasteiger partial charge in [-0.3, -0.25) is 4.79 Å². The van der Waals surface area contributed by atoms with Crippen LogP contribution in [0.1, 0.15) is 5.69 Å². The molecule has 2 heterocycles. The van der Waals surface area contributed by atoms with E-state index in [1.54, 1.807) is 24.3 Å². The van der Waals surface area contributed by atoms with Crippen molar-refractivity contribution >= 4 is 40.4 Å². The predicted octanol–water partition coefficient (Wildman–Crippen LogP) is 3.97. The molecular formula is C16H13Cl2N3O2. The topological polar surface area (TPSA) is 55.6 Å². The summed E-state index contributed by atoms with van der Waals surface area (Å²) in [5, 5.41) is 3.56. The lowest BCUT2D eigenvalue weighted by Gasteiger charge is -2.09. The maximum Gasteiger partial charge on any atom is 0.262 e. The van der Waals surface area contributed by atoms with E-state index in [4.69, 9.17) is 27.9 Å². The van der Waals surface area contributed by atoms with Gasteiger partial charge in [0.05, 0.1) is 16.4 Å². The number of nitrogens with one attached hydrogen (secondary N) is 1. The molecule has 0 fully saturated rings. The zero-order valence-corrected chi connectivity index (χ0v) is 13.7. The summed E-state index contributed by atoms with van der Waals surface area (Å²) in [6, 6.07) is 8.45. The molecule has 5 nitrogen and oxygen atoms in total. The van der Waals surface area contributed by atoms with Crippen molar-refractivity contribution in [2.45, 2.75) is 6.92 Å². The van der Waals surface area contributed by atoms with Crippen LogP contribution in [0.2, 0.25) is 10.0 Å². The molecule has 0 bridgehead atoms. The Bertz CT molecular complexity index is 877. The second-order valence-corrected chi connectivity index (χ2v) is 5.79.